The number of para-hydroxylation sites is 1. The van der Waals surface area contributed by atoms with E-state index in [0.29, 0.717) is 16.4 Å². The fourth-order valence-electron chi connectivity index (χ4n) is 2.63. The lowest BCUT2D eigenvalue weighted by Gasteiger charge is -2.09. The van der Waals surface area contributed by atoms with Gasteiger partial charge in [0.1, 0.15) is 22.9 Å². The molecule has 0 spiro atoms. The van der Waals surface area contributed by atoms with Crippen LogP contribution in [0.15, 0.2) is 60.2 Å². The van der Waals surface area contributed by atoms with Crippen LogP contribution in [0.3, 0.4) is 0 Å². The lowest BCUT2D eigenvalue weighted by atomic mass is 10.2. The van der Waals surface area contributed by atoms with Gasteiger partial charge in [0, 0.05) is 17.1 Å². The predicted molar refractivity (Wildman–Crippen MR) is 102 cm³/mol. The largest absolute Gasteiger partial charge is 0.296 e. The Labute approximate surface area is 158 Å². The van der Waals surface area contributed by atoms with Crippen LogP contribution in [-0.2, 0) is 0 Å². The Morgan fingerprint density at radius 2 is 1.96 bits per heavy atom. The average Bonchev–Trinajstić information content (AvgIpc) is 3.29. The van der Waals surface area contributed by atoms with Crippen LogP contribution in [0.25, 0.3) is 17.1 Å². The number of carbonyl (C=O) groups is 1. The summed E-state index contributed by atoms with van der Waals surface area (Å²) in [6.45, 7) is 1.75. The number of hydrogen-bond donors (Lipinski definition) is 1. The number of anilines is 1. The molecule has 3 heterocycles. The molecule has 1 N–H and O–H groups in total. The van der Waals surface area contributed by atoms with Gasteiger partial charge in [0.2, 0.25) is 0 Å². The molecule has 134 valence electrons. The van der Waals surface area contributed by atoms with Crippen LogP contribution in [0.5, 0.6) is 0 Å². The first-order valence-electron chi connectivity index (χ1n) is 8.11. The molecule has 0 atom stereocenters. The number of aromatic nitrogens is 4. The fraction of sp³-hybridized carbons (Fsp3) is 0.0526. The molecule has 0 aliphatic carbocycles. The maximum atomic E-state index is 14.1. The third-order valence-electron chi connectivity index (χ3n) is 3.90. The predicted octanol–water partition coefficient (Wildman–Crippen LogP) is 4.09. The molecule has 27 heavy (non-hydrogen) atoms. The summed E-state index contributed by atoms with van der Waals surface area (Å²) in [5.74, 6) is -0.864. The summed E-state index contributed by atoms with van der Waals surface area (Å²) >= 11 is 1.29. The molecule has 0 bridgehead atoms. The molecule has 3 aromatic heterocycles. The van der Waals surface area contributed by atoms with Gasteiger partial charge in [0.15, 0.2) is 5.13 Å². The Kier molecular flexibility index (Phi) is 4.47. The maximum absolute atomic E-state index is 14.1. The third kappa shape index (κ3) is 3.34. The number of aryl methyl sites for hydroxylation is 1. The Morgan fingerprint density at radius 3 is 2.74 bits per heavy atom. The zero-order chi connectivity index (χ0) is 18.8. The summed E-state index contributed by atoms with van der Waals surface area (Å²) < 4.78 is 15.4. The highest BCUT2D eigenvalue weighted by Crippen LogP contribution is 2.24. The van der Waals surface area contributed by atoms with Crippen molar-refractivity contribution in [2.45, 2.75) is 6.92 Å². The summed E-state index contributed by atoms with van der Waals surface area (Å²) in [7, 11) is 0. The molecule has 8 heteroatoms. The van der Waals surface area contributed by atoms with Crippen molar-refractivity contribution in [3.63, 3.8) is 0 Å². The molecular weight excluding hydrogens is 365 g/mol. The molecule has 1 aromatic carbocycles. The zero-order valence-electron chi connectivity index (χ0n) is 14.3. The number of hydrogen-bond acceptors (Lipinski definition) is 5. The second kappa shape index (κ2) is 7.08. The number of thiazole rings is 1. The van der Waals surface area contributed by atoms with E-state index >= 15 is 0 Å². The van der Waals surface area contributed by atoms with Gasteiger partial charge in [-0.15, -0.1) is 11.3 Å². The van der Waals surface area contributed by atoms with Crippen molar-refractivity contribution in [2.75, 3.05) is 5.32 Å². The van der Waals surface area contributed by atoms with Crippen molar-refractivity contribution in [3.05, 3.63) is 77.3 Å². The number of nitrogens with zero attached hydrogens (tertiary/aromatic N) is 4. The standard InChI is InChI=1S/C19H14FN5OS/c1-12-10-22-25(16-8-3-2-6-13(16)20)17(12)18(26)24-19-23-15(11-27-19)14-7-4-5-9-21-14/h2-11H,1H3,(H,23,24,26). The van der Waals surface area contributed by atoms with Crippen molar-refractivity contribution in [1.29, 1.82) is 0 Å². The molecule has 4 rings (SSSR count). The minimum absolute atomic E-state index is 0.212. The highest BCUT2D eigenvalue weighted by atomic mass is 32.1. The van der Waals surface area contributed by atoms with Crippen LogP contribution in [0.1, 0.15) is 16.1 Å². The van der Waals surface area contributed by atoms with E-state index < -0.39 is 11.7 Å². The Bertz CT molecular complexity index is 1110. The Morgan fingerprint density at radius 1 is 1.15 bits per heavy atom. The van der Waals surface area contributed by atoms with E-state index in [2.05, 4.69) is 20.4 Å². The van der Waals surface area contributed by atoms with Gasteiger partial charge in [-0.2, -0.15) is 5.10 Å². The number of rotatable bonds is 4. The Hall–Kier alpha value is -3.39. The molecule has 0 radical (unpaired) electrons. The number of carbonyl (C=O) groups excluding carboxylic acids is 1. The SMILES string of the molecule is Cc1cnn(-c2ccccc2F)c1C(=O)Nc1nc(-c2ccccn2)cs1. The molecule has 0 aliphatic rings. The molecule has 4 aromatic rings. The van der Waals surface area contributed by atoms with E-state index in [1.807, 2.05) is 23.6 Å². The fourth-order valence-corrected chi connectivity index (χ4v) is 3.33. The lowest BCUT2D eigenvalue weighted by Crippen LogP contribution is -2.18. The van der Waals surface area contributed by atoms with Crippen LogP contribution in [0.2, 0.25) is 0 Å². The molecule has 0 saturated heterocycles. The van der Waals surface area contributed by atoms with E-state index in [1.165, 1.54) is 28.3 Å². The first-order chi connectivity index (χ1) is 13.1. The molecule has 6 nitrogen and oxygen atoms in total. The molecule has 0 aliphatic heterocycles. The van der Waals surface area contributed by atoms with Crippen molar-refractivity contribution >= 4 is 22.4 Å². The van der Waals surface area contributed by atoms with Gasteiger partial charge in [-0.05, 0) is 31.2 Å². The minimum Gasteiger partial charge on any atom is -0.296 e. The van der Waals surface area contributed by atoms with E-state index in [0.717, 1.165) is 5.69 Å². The monoisotopic (exact) mass is 379 g/mol. The number of amides is 1. The van der Waals surface area contributed by atoms with Crippen LogP contribution in [0, 0.1) is 12.7 Å². The van der Waals surface area contributed by atoms with E-state index in [4.69, 9.17) is 0 Å². The first-order valence-corrected chi connectivity index (χ1v) is 8.99. The lowest BCUT2D eigenvalue weighted by molar-refractivity contribution is 0.101. The molecule has 0 unspecified atom stereocenters. The average molecular weight is 379 g/mol. The summed E-state index contributed by atoms with van der Waals surface area (Å²) in [4.78, 5) is 21.4. The van der Waals surface area contributed by atoms with Crippen molar-refractivity contribution in [1.82, 2.24) is 19.7 Å². The van der Waals surface area contributed by atoms with Crippen LogP contribution in [0.4, 0.5) is 9.52 Å². The number of nitrogens with one attached hydrogen (secondary N) is 1. The van der Waals surface area contributed by atoms with Gasteiger partial charge >= 0.3 is 0 Å². The quantitative estimate of drug-likeness (QED) is 0.580. The third-order valence-corrected chi connectivity index (χ3v) is 4.66. The van der Waals surface area contributed by atoms with E-state index in [-0.39, 0.29) is 11.4 Å². The topological polar surface area (TPSA) is 72.7 Å². The summed E-state index contributed by atoms with van der Waals surface area (Å²) in [5.41, 5.74) is 2.51. The second-order valence-corrected chi connectivity index (χ2v) is 6.60. The highest BCUT2D eigenvalue weighted by Gasteiger charge is 2.20. The van der Waals surface area contributed by atoms with Crippen LogP contribution < -0.4 is 5.32 Å². The number of benzene rings is 1. The van der Waals surface area contributed by atoms with Crippen LogP contribution in [-0.4, -0.2) is 25.7 Å². The normalized spacial score (nSPS) is 10.7. The molecule has 0 saturated carbocycles. The van der Waals surface area contributed by atoms with E-state index in [1.54, 1.807) is 31.3 Å². The number of halogens is 1. The van der Waals surface area contributed by atoms with Gasteiger partial charge in [-0.25, -0.2) is 14.1 Å². The smallest absolute Gasteiger partial charge is 0.276 e. The minimum atomic E-state index is -0.457. The van der Waals surface area contributed by atoms with Crippen molar-refractivity contribution in [3.8, 4) is 17.1 Å². The first kappa shape index (κ1) is 17.0. The zero-order valence-corrected chi connectivity index (χ0v) is 15.1. The van der Waals surface area contributed by atoms with E-state index in [9.17, 15) is 9.18 Å². The highest BCUT2D eigenvalue weighted by molar-refractivity contribution is 7.14. The summed E-state index contributed by atoms with van der Waals surface area (Å²) in [5, 5.41) is 9.16. The summed E-state index contributed by atoms with van der Waals surface area (Å²) in [6, 6.07) is 11.7. The van der Waals surface area contributed by atoms with Gasteiger partial charge < -0.3 is 0 Å². The van der Waals surface area contributed by atoms with Gasteiger partial charge in [0.05, 0.1) is 11.9 Å². The van der Waals surface area contributed by atoms with Crippen LogP contribution >= 0.6 is 11.3 Å². The van der Waals surface area contributed by atoms with Gasteiger partial charge in [-0.3, -0.25) is 15.1 Å². The Balaban J connectivity index is 1.63. The van der Waals surface area contributed by atoms with Gasteiger partial charge in [0.25, 0.3) is 5.91 Å². The molecular formula is C19H14FN5OS. The van der Waals surface area contributed by atoms with Crippen molar-refractivity contribution < 1.29 is 9.18 Å². The van der Waals surface area contributed by atoms with Gasteiger partial charge in [-0.1, -0.05) is 18.2 Å². The second-order valence-electron chi connectivity index (χ2n) is 5.75. The number of pyridine rings is 1. The molecule has 1 amide bonds. The summed E-state index contributed by atoms with van der Waals surface area (Å²) in [6.07, 6.45) is 3.21. The maximum Gasteiger partial charge on any atom is 0.276 e. The molecule has 0 fully saturated rings. The van der Waals surface area contributed by atoms with Crippen molar-refractivity contribution in [2.24, 2.45) is 0 Å².